The van der Waals surface area contributed by atoms with Gasteiger partial charge in [0.25, 0.3) is 0 Å². The molecule has 0 aromatic heterocycles. The number of hydrogen-bond acceptors (Lipinski definition) is 4. The maximum absolute atomic E-state index is 8.35. The summed E-state index contributed by atoms with van der Waals surface area (Å²) in [7, 11) is 0. The number of benzene rings is 4. The average molecular weight is 392 g/mol. The van der Waals surface area contributed by atoms with Crippen LogP contribution >= 0.6 is 0 Å². The van der Waals surface area contributed by atoms with Crippen LogP contribution in [0.4, 0.5) is 0 Å². The Labute approximate surface area is 175 Å². The van der Waals surface area contributed by atoms with Gasteiger partial charge in [-0.15, -0.1) is 0 Å². The fraction of sp³-hybridized carbons (Fsp3) is 0. The zero-order valence-corrected chi connectivity index (χ0v) is 16.2. The summed E-state index contributed by atoms with van der Waals surface area (Å²) >= 11 is 0. The number of isocyanates is 2. The third-order valence-electron chi connectivity index (χ3n) is 4.31. The van der Waals surface area contributed by atoms with Gasteiger partial charge in [-0.3, -0.25) is 0 Å². The first-order valence-electron chi connectivity index (χ1n) is 9.13. The molecule has 0 bridgehead atoms. The molecule has 0 aliphatic rings. The van der Waals surface area contributed by atoms with E-state index in [1.165, 1.54) is 33.4 Å². The van der Waals surface area contributed by atoms with Crippen molar-refractivity contribution in [3.63, 3.8) is 0 Å². The second-order valence-corrected chi connectivity index (χ2v) is 6.03. The highest BCUT2D eigenvalue weighted by Gasteiger charge is 2.11. The number of rotatable bonds is 3. The molecule has 2 N–H and O–H groups in total. The number of carbonyl (C=O) groups excluding carboxylic acids is 2. The van der Waals surface area contributed by atoms with Gasteiger partial charge in [0.15, 0.2) is 0 Å². The first kappa shape index (κ1) is 21.9. The van der Waals surface area contributed by atoms with Crippen molar-refractivity contribution in [3.8, 4) is 33.4 Å². The molecule has 0 aliphatic carbocycles. The fourth-order valence-corrected chi connectivity index (χ4v) is 3.17. The minimum atomic E-state index is 0.750. The monoisotopic (exact) mass is 392 g/mol. The zero-order chi connectivity index (χ0) is 21.6. The molecule has 4 aromatic carbocycles. The first-order chi connectivity index (χ1) is 14.8. The lowest BCUT2D eigenvalue weighted by molar-refractivity contribution is 0.562. The molecule has 0 heterocycles. The minimum absolute atomic E-state index is 0.750. The molecular weight excluding hydrogens is 372 g/mol. The van der Waals surface area contributed by atoms with Crippen LogP contribution in [-0.2, 0) is 9.59 Å². The van der Waals surface area contributed by atoms with E-state index in [0.717, 1.165) is 12.2 Å². The largest absolute Gasteiger partial charge is 0.231 e. The summed E-state index contributed by atoms with van der Waals surface area (Å²) in [6.07, 6.45) is 1.50. The Morgan fingerprint density at radius 2 is 0.633 bits per heavy atom. The standard InChI is InChI=1S/C24H18.2CHNO/c1-3-11-19(12-4-1)21-15-7-9-17-23(21)24-18-10-8-16-22(24)20-13-5-2-6-14-20;2*2-1-3/h1-18H;2*2H. The molecule has 146 valence electrons. The van der Waals surface area contributed by atoms with Crippen LogP contribution in [0.5, 0.6) is 0 Å². The molecule has 0 saturated carbocycles. The molecule has 0 spiro atoms. The summed E-state index contributed by atoms with van der Waals surface area (Å²) in [6.45, 7) is 0. The quantitative estimate of drug-likeness (QED) is 0.309. The molecule has 0 atom stereocenters. The topological polar surface area (TPSA) is 81.8 Å². The van der Waals surface area contributed by atoms with Gasteiger partial charge in [-0.05, 0) is 33.4 Å². The molecule has 4 nitrogen and oxygen atoms in total. The van der Waals surface area contributed by atoms with Crippen molar-refractivity contribution < 1.29 is 9.59 Å². The molecule has 4 rings (SSSR count). The van der Waals surface area contributed by atoms with Crippen molar-refractivity contribution in [2.24, 2.45) is 0 Å². The minimum Gasteiger partial charge on any atom is -0.222 e. The normalized spacial score (nSPS) is 8.93. The molecule has 30 heavy (non-hydrogen) atoms. The average Bonchev–Trinajstić information content (AvgIpc) is 2.81. The van der Waals surface area contributed by atoms with Crippen LogP contribution in [0, 0.1) is 10.8 Å². The maximum atomic E-state index is 8.35. The molecule has 0 radical (unpaired) electrons. The van der Waals surface area contributed by atoms with Gasteiger partial charge in [-0.1, -0.05) is 109 Å². The van der Waals surface area contributed by atoms with Crippen LogP contribution in [0.25, 0.3) is 33.4 Å². The van der Waals surface area contributed by atoms with Crippen LogP contribution in [0.3, 0.4) is 0 Å². The third kappa shape index (κ3) is 5.82. The van der Waals surface area contributed by atoms with Gasteiger partial charge in [-0.25, -0.2) is 20.4 Å². The van der Waals surface area contributed by atoms with Crippen LogP contribution in [0.1, 0.15) is 0 Å². The molecule has 0 amide bonds. The Bertz CT molecular complexity index is 1030. The van der Waals surface area contributed by atoms with Crippen molar-refractivity contribution in [3.05, 3.63) is 109 Å². The number of nitrogens with one attached hydrogen (secondary N) is 2. The summed E-state index contributed by atoms with van der Waals surface area (Å²) in [5, 5.41) is 10.8. The van der Waals surface area contributed by atoms with Gasteiger partial charge in [0, 0.05) is 0 Å². The lowest BCUT2D eigenvalue weighted by Gasteiger charge is -2.14. The summed E-state index contributed by atoms with van der Waals surface area (Å²) in [5.41, 5.74) is 7.56. The summed E-state index contributed by atoms with van der Waals surface area (Å²) in [6, 6.07) is 38.4. The summed E-state index contributed by atoms with van der Waals surface area (Å²) < 4.78 is 0. The Morgan fingerprint density at radius 1 is 0.400 bits per heavy atom. The van der Waals surface area contributed by atoms with Crippen LogP contribution in [-0.4, -0.2) is 12.2 Å². The lowest BCUT2D eigenvalue weighted by atomic mass is 9.89. The van der Waals surface area contributed by atoms with Crippen LogP contribution in [0.15, 0.2) is 109 Å². The highest BCUT2D eigenvalue weighted by atomic mass is 16.1. The smallest absolute Gasteiger partial charge is 0.222 e. The maximum Gasteiger partial charge on any atom is 0.231 e. The molecule has 4 aromatic rings. The first-order valence-corrected chi connectivity index (χ1v) is 9.13. The van der Waals surface area contributed by atoms with Crippen molar-refractivity contribution in [1.29, 1.82) is 10.8 Å². The van der Waals surface area contributed by atoms with E-state index in [2.05, 4.69) is 109 Å². The molecule has 4 heteroatoms. The van der Waals surface area contributed by atoms with Crippen molar-refractivity contribution in [2.75, 3.05) is 0 Å². The highest BCUT2D eigenvalue weighted by Crippen LogP contribution is 2.37. The third-order valence-corrected chi connectivity index (χ3v) is 4.31. The van der Waals surface area contributed by atoms with E-state index < -0.39 is 0 Å². The Balaban J connectivity index is 0.000000480. The van der Waals surface area contributed by atoms with Crippen molar-refractivity contribution in [1.82, 2.24) is 0 Å². The van der Waals surface area contributed by atoms with Crippen molar-refractivity contribution in [2.45, 2.75) is 0 Å². The predicted molar refractivity (Wildman–Crippen MR) is 120 cm³/mol. The predicted octanol–water partition coefficient (Wildman–Crippen LogP) is 6.49. The van der Waals surface area contributed by atoms with Gasteiger partial charge in [0.1, 0.15) is 0 Å². The Kier molecular flexibility index (Phi) is 8.90. The SMILES string of the molecule is N=C=O.N=C=O.c1ccc(-c2ccccc2-c2ccccc2-c2ccccc2)cc1. The van der Waals surface area contributed by atoms with E-state index in [9.17, 15) is 0 Å². The van der Waals surface area contributed by atoms with Crippen molar-refractivity contribution >= 4 is 12.2 Å². The van der Waals surface area contributed by atoms with Crippen LogP contribution < -0.4 is 0 Å². The lowest BCUT2D eigenvalue weighted by Crippen LogP contribution is -1.88. The summed E-state index contributed by atoms with van der Waals surface area (Å²) in [4.78, 5) is 16.7. The summed E-state index contributed by atoms with van der Waals surface area (Å²) in [5.74, 6) is 0. The molecule has 0 saturated heterocycles. The van der Waals surface area contributed by atoms with E-state index in [4.69, 9.17) is 20.4 Å². The molecule has 0 fully saturated rings. The number of hydrogen-bond donors (Lipinski definition) is 2. The molecule has 0 aliphatic heterocycles. The molecular formula is C26H20N2O2. The van der Waals surface area contributed by atoms with Gasteiger partial charge in [-0.2, -0.15) is 0 Å². The van der Waals surface area contributed by atoms with Gasteiger partial charge < -0.3 is 0 Å². The zero-order valence-electron chi connectivity index (χ0n) is 16.2. The van der Waals surface area contributed by atoms with Crippen LogP contribution in [0.2, 0.25) is 0 Å². The van der Waals surface area contributed by atoms with Gasteiger partial charge in [0.05, 0.1) is 0 Å². The van der Waals surface area contributed by atoms with E-state index >= 15 is 0 Å². The fourth-order valence-electron chi connectivity index (χ4n) is 3.17. The van der Waals surface area contributed by atoms with Gasteiger partial charge in [0.2, 0.25) is 12.2 Å². The van der Waals surface area contributed by atoms with E-state index in [1.807, 2.05) is 0 Å². The second kappa shape index (κ2) is 12.2. The van der Waals surface area contributed by atoms with E-state index in [-0.39, 0.29) is 0 Å². The van der Waals surface area contributed by atoms with Gasteiger partial charge >= 0.3 is 0 Å². The van der Waals surface area contributed by atoms with E-state index in [0.29, 0.717) is 0 Å². The molecule has 0 unspecified atom stereocenters. The van der Waals surface area contributed by atoms with E-state index in [1.54, 1.807) is 0 Å². The second-order valence-electron chi connectivity index (χ2n) is 6.03. The Hall–Kier alpha value is -4.36. The highest BCUT2D eigenvalue weighted by molar-refractivity contribution is 5.91. The Morgan fingerprint density at radius 3 is 0.933 bits per heavy atom.